The number of hydrogen-bond acceptors (Lipinski definition) is 8. The Morgan fingerprint density at radius 3 is 2.68 bits per heavy atom. The van der Waals surface area contributed by atoms with Gasteiger partial charge in [0.05, 0.1) is 24.8 Å². The van der Waals surface area contributed by atoms with Gasteiger partial charge >= 0.3 is 0 Å². The number of anilines is 3. The molecule has 9 nitrogen and oxygen atoms in total. The van der Waals surface area contributed by atoms with Crippen molar-refractivity contribution < 1.29 is 15.3 Å². The highest BCUT2D eigenvalue weighted by molar-refractivity contribution is 5.68. The topological polar surface area (TPSA) is 157 Å². The molecule has 0 aromatic carbocycles. The highest BCUT2D eigenvalue weighted by Crippen LogP contribution is 2.25. The van der Waals surface area contributed by atoms with Crippen LogP contribution in [0.4, 0.5) is 17.5 Å². The van der Waals surface area contributed by atoms with Crippen LogP contribution in [0.2, 0.25) is 0 Å². The summed E-state index contributed by atoms with van der Waals surface area (Å²) < 4.78 is 0. The van der Waals surface area contributed by atoms with Gasteiger partial charge in [-0.3, -0.25) is 9.78 Å². The molecular formula is C10H17N5O4. The molecule has 106 valence electrons. The molecule has 0 amide bonds. The summed E-state index contributed by atoms with van der Waals surface area (Å²) in [5.74, 6) is 0.112. The van der Waals surface area contributed by atoms with E-state index in [1.54, 1.807) is 0 Å². The normalized spacial score (nSPS) is 24.8. The monoisotopic (exact) mass is 271 g/mol. The van der Waals surface area contributed by atoms with Crippen LogP contribution < -0.4 is 21.9 Å². The molecule has 0 saturated heterocycles. The minimum atomic E-state index is -1.14. The largest absolute Gasteiger partial charge is 0.394 e. The van der Waals surface area contributed by atoms with Crippen molar-refractivity contribution in [1.29, 1.82) is 0 Å². The first-order chi connectivity index (χ1) is 8.93. The molecule has 0 fully saturated rings. The summed E-state index contributed by atoms with van der Waals surface area (Å²) >= 11 is 0. The molecule has 0 saturated carbocycles. The number of nitrogens with two attached hydrogens (primary N) is 1. The van der Waals surface area contributed by atoms with Gasteiger partial charge in [-0.25, -0.2) is 0 Å². The second-order valence-corrected chi connectivity index (χ2v) is 4.51. The molecule has 4 atom stereocenters. The van der Waals surface area contributed by atoms with Gasteiger partial charge in [-0.05, 0) is 6.92 Å². The van der Waals surface area contributed by atoms with Crippen LogP contribution in [-0.2, 0) is 0 Å². The maximum Gasteiger partial charge on any atom is 0.277 e. The zero-order valence-corrected chi connectivity index (χ0v) is 10.3. The number of aliphatic hydroxyl groups is 3. The number of rotatable bonds is 3. The van der Waals surface area contributed by atoms with E-state index < -0.39 is 29.9 Å². The fourth-order valence-electron chi connectivity index (χ4n) is 2.05. The first kappa shape index (κ1) is 13.6. The van der Waals surface area contributed by atoms with Gasteiger partial charge < -0.3 is 31.7 Å². The van der Waals surface area contributed by atoms with Crippen LogP contribution in [0, 0.1) is 0 Å². The highest BCUT2D eigenvalue weighted by Gasteiger charge is 2.36. The minimum absolute atomic E-state index is 0.0641. The van der Waals surface area contributed by atoms with Crippen molar-refractivity contribution in [1.82, 2.24) is 9.97 Å². The summed E-state index contributed by atoms with van der Waals surface area (Å²) in [5, 5.41) is 34.2. The predicted octanol–water partition coefficient (Wildman–Crippen LogP) is -2.34. The van der Waals surface area contributed by atoms with Crippen LogP contribution in [0.1, 0.15) is 6.92 Å². The van der Waals surface area contributed by atoms with Crippen molar-refractivity contribution in [3.05, 3.63) is 10.4 Å². The molecule has 1 aromatic rings. The van der Waals surface area contributed by atoms with Crippen molar-refractivity contribution in [2.45, 2.75) is 31.2 Å². The van der Waals surface area contributed by atoms with E-state index in [-0.39, 0.29) is 24.1 Å². The van der Waals surface area contributed by atoms with E-state index in [1.165, 1.54) is 6.92 Å². The standard InChI is InChI=1S/C10H17N5O4/c1-3(17)7(18)5-4(2-16)12-6-8(13-5)14-10(11)15-9(6)19/h3-5,7,12,16-18H,2H2,1H3,(H4,11,13,14,15,19). The summed E-state index contributed by atoms with van der Waals surface area (Å²) in [4.78, 5) is 17.9. The van der Waals surface area contributed by atoms with Gasteiger partial charge in [-0.2, -0.15) is 4.98 Å². The van der Waals surface area contributed by atoms with Crippen LogP contribution in [0.5, 0.6) is 0 Å². The molecule has 2 rings (SSSR count). The lowest BCUT2D eigenvalue weighted by atomic mass is 9.97. The molecule has 2 heterocycles. The van der Waals surface area contributed by atoms with Crippen LogP contribution in [0.25, 0.3) is 0 Å². The number of aromatic nitrogens is 2. The average Bonchev–Trinajstić information content (AvgIpc) is 2.36. The van der Waals surface area contributed by atoms with Gasteiger partial charge in [0.2, 0.25) is 5.95 Å². The summed E-state index contributed by atoms with van der Waals surface area (Å²) in [6.07, 6.45) is -2.14. The molecule has 0 spiro atoms. The first-order valence-corrected chi connectivity index (χ1v) is 5.84. The van der Waals surface area contributed by atoms with Crippen LogP contribution >= 0.6 is 0 Å². The lowest BCUT2D eigenvalue weighted by molar-refractivity contribution is 0.0115. The number of nitrogens with zero attached hydrogens (tertiary/aromatic N) is 1. The number of fused-ring (bicyclic) bond motifs is 1. The fraction of sp³-hybridized carbons (Fsp3) is 0.600. The Bertz CT molecular complexity index is 517. The second kappa shape index (κ2) is 5.03. The number of aromatic amines is 1. The third kappa shape index (κ3) is 2.48. The SMILES string of the molecule is CC(O)C(O)C1Nc2nc(N)[nH]c(=O)c2NC1CO. The summed E-state index contributed by atoms with van der Waals surface area (Å²) in [6, 6.07) is -1.34. The molecule has 9 heteroatoms. The van der Waals surface area contributed by atoms with Crippen molar-refractivity contribution in [3.8, 4) is 0 Å². The molecule has 1 aromatic heterocycles. The van der Waals surface area contributed by atoms with Gasteiger partial charge in [0.1, 0.15) is 11.8 Å². The van der Waals surface area contributed by atoms with E-state index in [1.807, 2.05) is 0 Å². The van der Waals surface area contributed by atoms with Crippen molar-refractivity contribution in [3.63, 3.8) is 0 Å². The molecule has 1 aliphatic heterocycles. The number of hydrogen-bond donors (Lipinski definition) is 7. The third-order valence-corrected chi connectivity index (χ3v) is 3.06. The Balaban J connectivity index is 2.38. The minimum Gasteiger partial charge on any atom is -0.394 e. The van der Waals surface area contributed by atoms with E-state index >= 15 is 0 Å². The van der Waals surface area contributed by atoms with Gasteiger partial charge in [0, 0.05) is 0 Å². The van der Waals surface area contributed by atoms with E-state index in [2.05, 4.69) is 20.6 Å². The highest BCUT2D eigenvalue weighted by atomic mass is 16.3. The first-order valence-electron chi connectivity index (χ1n) is 5.84. The third-order valence-electron chi connectivity index (χ3n) is 3.06. The molecular weight excluding hydrogens is 254 g/mol. The molecule has 4 unspecified atom stereocenters. The van der Waals surface area contributed by atoms with Crippen LogP contribution in [-0.4, -0.2) is 56.2 Å². The van der Waals surface area contributed by atoms with E-state index in [9.17, 15) is 20.1 Å². The maximum atomic E-state index is 11.7. The summed E-state index contributed by atoms with van der Waals surface area (Å²) in [5.41, 5.74) is 5.10. The van der Waals surface area contributed by atoms with Crippen molar-refractivity contribution in [2.75, 3.05) is 23.0 Å². The molecule has 0 bridgehead atoms. The molecule has 19 heavy (non-hydrogen) atoms. The number of nitrogens with one attached hydrogen (secondary N) is 3. The van der Waals surface area contributed by atoms with E-state index in [0.717, 1.165) is 0 Å². The zero-order chi connectivity index (χ0) is 14.2. The smallest absolute Gasteiger partial charge is 0.277 e. The van der Waals surface area contributed by atoms with Crippen LogP contribution in [0.3, 0.4) is 0 Å². The van der Waals surface area contributed by atoms with Gasteiger partial charge in [0.25, 0.3) is 5.56 Å². The summed E-state index contributed by atoms with van der Waals surface area (Å²) in [6.45, 7) is 1.10. The van der Waals surface area contributed by atoms with Crippen LogP contribution in [0.15, 0.2) is 4.79 Å². The second-order valence-electron chi connectivity index (χ2n) is 4.51. The quantitative estimate of drug-likeness (QED) is 0.322. The average molecular weight is 271 g/mol. The Morgan fingerprint density at radius 2 is 2.11 bits per heavy atom. The van der Waals surface area contributed by atoms with Crippen molar-refractivity contribution in [2.24, 2.45) is 0 Å². The molecule has 1 aliphatic rings. The molecule has 0 radical (unpaired) electrons. The van der Waals surface area contributed by atoms with Gasteiger partial charge in [0.15, 0.2) is 5.82 Å². The Hall–Kier alpha value is -1.84. The Labute approximate surface area is 108 Å². The molecule has 0 aliphatic carbocycles. The van der Waals surface area contributed by atoms with E-state index in [4.69, 9.17) is 5.73 Å². The number of H-pyrrole nitrogens is 1. The van der Waals surface area contributed by atoms with Crippen molar-refractivity contribution >= 4 is 17.5 Å². The maximum absolute atomic E-state index is 11.7. The van der Waals surface area contributed by atoms with Gasteiger partial charge in [-0.1, -0.05) is 0 Å². The Morgan fingerprint density at radius 1 is 1.42 bits per heavy atom. The summed E-state index contributed by atoms with van der Waals surface area (Å²) in [7, 11) is 0. The van der Waals surface area contributed by atoms with E-state index in [0.29, 0.717) is 0 Å². The predicted molar refractivity (Wildman–Crippen MR) is 68.9 cm³/mol. The molecule has 8 N–H and O–H groups in total. The fourth-order valence-corrected chi connectivity index (χ4v) is 2.05. The lowest BCUT2D eigenvalue weighted by Gasteiger charge is -2.37. The number of nitrogen functional groups attached to an aromatic ring is 1. The zero-order valence-electron chi connectivity index (χ0n) is 10.3. The lowest BCUT2D eigenvalue weighted by Crippen LogP contribution is -2.56. The Kier molecular flexibility index (Phi) is 3.60. The van der Waals surface area contributed by atoms with Gasteiger partial charge in [-0.15, -0.1) is 0 Å². The number of aliphatic hydroxyl groups excluding tert-OH is 3.